The van der Waals surface area contributed by atoms with Gasteiger partial charge in [-0.25, -0.2) is 4.52 Å². The predicted octanol–water partition coefficient (Wildman–Crippen LogP) is 3.76. The molecule has 3 aromatic rings. The second-order valence-corrected chi connectivity index (χ2v) is 4.53. The average molecular weight is 273 g/mol. The molecule has 0 fully saturated rings. The Labute approximate surface area is 102 Å². The van der Waals surface area contributed by atoms with E-state index in [1.165, 1.54) is 0 Å². The Morgan fingerprint density at radius 3 is 2.62 bits per heavy atom. The molecule has 2 aromatic heterocycles. The molecule has 16 heavy (non-hydrogen) atoms. The Morgan fingerprint density at radius 2 is 1.81 bits per heavy atom. The van der Waals surface area contributed by atoms with Gasteiger partial charge in [0.1, 0.15) is 0 Å². The number of halogens is 1. The quantitative estimate of drug-likeness (QED) is 0.659. The summed E-state index contributed by atoms with van der Waals surface area (Å²) < 4.78 is 2.95. The monoisotopic (exact) mass is 272 g/mol. The van der Waals surface area contributed by atoms with E-state index in [1.54, 1.807) is 0 Å². The molecule has 0 unspecified atom stereocenters. The van der Waals surface area contributed by atoms with Gasteiger partial charge >= 0.3 is 0 Å². The minimum Gasteiger partial charge on any atom is -0.240 e. The lowest BCUT2D eigenvalue weighted by atomic mass is 10.1. The molecule has 0 spiro atoms. The predicted molar refractivity (Wildman–Crippen MR) is 68.3 cm³/mol. The molecule has 0 amide bonds. The van der Waals surface area contributed by atoms with Crippen LogP contribution in [-0.2, 0) is 0 Å². The number of nitrogens with zero attached hydrogens (tertiary/aromatic N) is 2. The van der Waals surface area contributed by atoms with Crippen LogP contribution in [0.25, 0.3) is 16.8 Å². The number of hydrogen-bond acceptors (Lipinski definition) is 1. The number of hydrogen-bond donors (Lipinski definition) is 0. The lowest BCUT2D eigenvalue weighted by molar-refractivity contribution is 0.964. The van der Waals surface area contributed by atoms with Crippen molar-refractivity contribution in [1.82, 2.24) is 9.61 Å². The van der Waals surface area contributed by atoms with E-state index in [4.69, 9.17) is 0 Å². The standard InChI is InChI=1S/C13H9BrN2/c14-11-6-7-16-12(8-11)9-13(15-16)10-4-2-1-3-5-10/h1-9H. The largest absolute Gasteiger partial charge is 0.240 e. The van der Waals surface area contributed by atoms with Gasteiger partial charge in [-0.2, -0.15) is 5.10 Å². The molecule has 0 atom stereocenters. The second-order valence-electron chi connectivity index (χ2n) is 3.61. The summed E-state index contributed by atoms with van der Waals surface area (Å²) in [4.78, 5) is 0. The van der Waals surface area contributed by atoms with Crippen molar-refractivity contribution in [3.63, 3.8) is 0 Å². The second kappa shape index (κ2) is 3.76. The van der Waals surface area contributed by atoms with Crippen LogP contribution in [0.1, 0.15) is 0 Å². The number of pyridine rings is 1. The maximum atomic E-state index is 4.52. The smallest absolute Gasteiger partial charge is 0.0933 e. The minimum absolute atomic E-state index is 0.999. The molecule has 0 aliphatic rings. The molecular weight excluding hydrogens is 264 g/mol. The van der Waals surface area contributed by atoms with Gasteiger partial charge in [0.2, 0.25) is 0 Å². The topological polar surface area (TPSA) is 17.3 Å². The van der Waals surface area contributed by atoms with Crippen LogP contribution in [0.5, 0.6) is 0 Å². The van der Waals surface area contributed by atoms with Crippen LogP contribution in [-0.4, -0.2) is 9.61 Å². The van der Waals surface area contributed by atoms with Gasteiger partial charge in [-0.15, -0.1) is 0 Å². The zero-order valence-corrected chi connectivity index (χ0v) is 10.1. The van der Waals surface area contributed by atoms with Crippen molar-refractivity contribution in [2.75, 3.05) is 0 Å². The Balaban J connectivity index is 2.19. The Hall–Kier alpha value is -1.61. The van der Waals surface area contributed by atoms with Gasteiger partial charge in [0, 0.05) is 16.2 Å². The summed E-state index contributed by atoms with van der Waals surface area (Å²) in [6.07, 6.45) is 1.95. The van der Waals surface area contributed by atoms with Crippen LogP contribution in [0.2, 0.25) is 0 Å². The Morgan fingerprint density at radius 1 is 1.00 bits per heavy atom. The molecule has 3 rings (SSSR count). The zero-order valence-electron chi connectivity index (χ0n) is 8.47. The summed E-state index contributed by atoms with van der Waals surface area (Å²) in [5.74, 6) is 0. The molecular formula is C13H9BrN2. The van der Waals surface area contributed by atoms with Gasteiger partial charge < -0.3 is 0 Å². The van der Waals surface area contributed by atoms with Gasteiger partial charge in [-0.3, -0.25) is 0 Å². The summed E-state index contributed by atoms with van der Waals surface area (Å²) >= 11 is 3.46. The maximum Gasteiger partial charge on any atom is 0.0933 e. The van der Waals surface area contributed by atoms with E-state index in [0.29, 0.717) is 0 Å². The molecule has 78 valence electrons. The van der Waals surface area contributed by atoms with E-state index in [-0.39, 0.29) is 0 Å². The van der Waals surface area contributed by atoms with Crippen LogP contribution in [0.3, 0.4) is 0 Å². The number of rotatable bonds is 1. The highest BCUT2D eigenvalue weighted by Crippen LogP contribution is 2.21. The van der Waals surface area contributed by atoms with Crippen molar-refractivity contribution in [3.8, 4) is 11.3 Å². The summed E-state index contributed by atoms with van der Waals surface area (Å²) in [6.45, 7) is 0. The fourth-order valence-electron chi connectivity index (χ4n) is 1.72. The third kappa shape index (κ3) is 1.63. The normalized spacial score (nSPS) is 10.8. The minimum atomic E-state index is 0.999. The van der Waals surface area contributed by atoms with E-state index < -0.39 is 0 Å². The molecule has 1 aromatic carbocycles. The highest BCUT2D eigenvalue weighted by molar-refractivity contribution is 9.10. The lowest BCUT2D eigenvalue weighted by Gasteiger charge is -1.93. The SMILES string of the molecule is Brc1ccn2nc(-c3ccccc3)cc2c1. The van der Waals surface area contributed by atoms with Gasteiger partial charge in [0.15, 0.2) is 0 Å². The van der Waals surface area contributed by atoms with Crippen LogP contribution < -0.4 is 0 Å². The van der Waals surface area contributed by atoms with E-state index in [1.807, 2.05) is 35.0 Å². The molecule has 0 aliphatic carbocycles. The first-order chi connectivity index (χ1) is 7.83. The Kier molecular flexibility index (Phi) is 2.26. The van der Waals surface area contributed by atoms with Crippen LogP contribution in [0.15, 0.2) is 59.2 Å². The van der Waals surface area contributed by atoms with E-state index in [0.717, 1.165) is 21.2 Å². The van der Waals surface area contributed by atoms with Gasteiger partial charge in [0.25, 0.3) is 0 Å². The number of benzene rings is 1. The third-order valence-electron chi connectivity index (χ3n) is 2.49. The number of fused-ring (bicyclic) bond motifs is 1. The molecule has 2 nitrogen and oxygen atoms in total. The van der Waals surface area contributed by atoms with Gasteiger partial charge in [-0.1, -0.05) is 46.3 Å². The van der Waals surface area contributed by atoms with Crippen molar-refractivity contribution in [2.24, 2.45) is 0 Å². The molecule has 0 aliphatic heterocycles. The van der Waals surface area contributed by atoms with E-state index in [9.17, 15) is 0 Å². The first-order valence-corrected chi connectivity index (χ1v) is 5.82. The highest BCUT2D eigenvalue weighted by atomic mass is 79.9. The van der Waals surface area contributed by atoms with E-state index in [2.05, 4.69) is 45.3 Å². The first-order valence-electron chi connectivity index (χ1n) is 5.03. The average Bonchev–Trinajstić information content (AvgIpc) is 2.73. The van der Waals surface area contributed by atoms with Crippen molar-refractivity contribution in [3.05, 3.63) is 59.2 Å². The van der Waals surface area contributed by atoms with E-state index >= 15 is 0 Å². The fourth-order valence-corrected chi connectivity index (χ4v) is 2.07. The van der Waals surface area contributed by atoms with Crippen LogP contribution >= 0.6 is 15.9 Å². The molecule has 0 N–H and O–H groups in total. The summed E-state index contributed by atoms with van der Waals surface area (Å²) in [5, 5.41) is 4.52. The first kappa shape index (κ1) is 9.60. The summed E-state index contributed by atoms with van der Waals surface area (Å²) in [6, 6.07) is 16.3. The zero-order chi connectivity index (χ0) is 11.0. The van der Waals surface area contributed by atoms with Crippen molar-refractivity contribution in [1.29, 1.82) is 0 Å². The number of aromatic nitrogens is 2. The molecule has 2 heterocycles. The van der Waals surface area contributed by atoms with Gasteiger partial charge in [-0.05, 0) is 18.2 Å². The summed E-state index contributed by atoms with van der Waals surface area (Å²) in [7, 11) is 0. The van der Waals surface area contributed by atoms with Crippen LogP contribution in [0, 0.1) is 0 Å². The molecule has 0 saturated carbocycles. The molecule has 0 bridgehead atoms. The molecule has 0 radical (unpaired) electrons. The van der Waals surface area contributed by atoms with Crippen molar-refractivity contribution in [2.45, 2.75) is 0 Å². The van der Waals surface area contributed by atoms with Crippen molar-refractivity contribution >= 4 is 21.4 Å². The Bertz CT molecular complexity index is 629. The van der Waals surface area contributed by atoms with Crippen molar-refractivity contribution < 1.29 is 0 Å². The fraction of sp³-hybridized carbons (Fsp3) is 0. The van der Waals surface area contributed by atoms with Crippen LogP contribution in [0.4, 0.5) is 0 Å². The maximum absolute atomic E-state index is 4.52. The highest BCUT2D eigenvalue weighted by Gasteiger charge is 2.03. The lowest BCUT2D eigenvalue weighted by Crippen LogP contribution is -1.85. The summed E-state index contributed by atoms with van der Waals surface area (Å²) in [5.41, 5.74) is 3.23. The van der Waals surface area contributed by atoms with Gasteiger partial charge in [0.05, 0.1) is 11.2 Å². The molecule has 0 saturated heterocycles. The third-order valence-corrected chi connectivity index (χ3v) is 2.99. The molecule has 3 heteroatoms.